The summed E-state index contributed by atoms with van der Waals surface area (Å²) in [5.74, 6) is -1.80. The van der Waals surface area contributed by atoms with Crippen LogP contribution in [0.4, 0.5) is 0 Å². The molecule has 0 aromatic carbocycles. The smallest absolute Gasteiger partial charge is 0.546 e. The number of ether oxygens (including phenoxy) is 1. The van der Waals surface area contributed by atoms with Gasteiger partial charge in [-0.3, -0.25) is 4.79 Å². The zero-order chi connectivity index (χ0) is 18.8. The van der Waals surface area contributed by atoms with Crippen LogP contribution in [0, 0.1) is 0 Å². The molecule has 26 heavy (non-hydrogen) atoms. The van der Waals surface area contributed by atoms with Gasteiger partial charge in [-0.15, -0.1) is 0 Å². The van der Waals surface area contributed by atoms with Crippen LogP contribution in [-0.4, -0.2) is 18.0 Å². The molecule has 0 amide bonds. The molecule has 5 heteroatoms. The summed E-state index contributed by atoms with van der Waals surface area (Å²) in [6.07, 6.45) is 19.4. The van der Waals surface area contributed by atoms with E-state index in [9.17, 15) is 14.7 Å². The molecule has 0 aromatic rings. The summed E-state index contributed by atoms with van der Waals surface area (Å²) in [6.45, 7) is 3.56. The van der Waals surface area contributed by atoms with Gasteiger partial charge in [0.1, 0.15) is 6.10 Å². The number of carbonyl (C=O) groups excluding carboxylic acids is 2. The average molecular weight is 393 g/mol. The van der Waals surface area contributed by atoms with Crippen LogP contribution >= 0.6 is 0 Å². The van der Waals surface area contributed by atoms with Gasteiger partial charge < -0.3 is 14.6 Å². The number of hydrogen-bond donors (Lipinski definition) is 0. The van der Waals surface area contributed by atoms with E-state index in [0.29, 0.717) is 0 Å². The fourth-order valence-electron chi connectivity index (χ4n) is 2.64. The molecule has 0 aliphatic heterocycles. The number of rotatable bonds is 17. The third-order valence-corrected chi connectivity index (χ3v) is 4.28. The summed E-state index contributed by atoms with van der Waals surface area (Å²) in [5.41, 5.74) is 0. The second kappa shape index (κ2) is 21.6. The molecule has 0 bridgehead atoms. The Morgan fingerprint density at radius 2 is 1.31 bits per heavy atom. The number of carbonyl (C=O) groups is 2. The van der Waals surface area contributed by atoms with E-state index in [4.69, 9.17) is 4.74 Å². The fourth-order valence-corrected chi connectivity index (χ4v) is 2.64. The minimum Gasteiger partial charge on any atom is -0.546 e. The molecule has 0 N–H and O–H groups in total. The van der Waals surface area contributed by atoms with Crippen molar-refractivity contribution < 1.29 is 70.8 Å². The minimum absolute atomic E-state index is 0. The van der Waals surface area contributed by atoms with Crippen LogP contribution in [0.2, 0.25) is 0 Å². The third kappa shape index (κ3) is 20.6. The van der Waals surface area contributed by atoms with Crippen molar-refractivity contribution in [3.05, 3.63) is 12.2 Å². The van der Waals surface area contributed by atoms with Crippen molar-refractivity contribution in [1.82, 2.24) is 0 Å². The summed E-state index contributed by atoms with van der Waals surface area (Å²) in [7, 11) is 0. The Morgan fingerprint density at radius 1 is 0.846 bits per heavy atom. The molecule has 1 atom stereocenters. The van der Waals surface area contributed by atoms with E-state index in [1.165, 1.54) is 64.7 Å². The van der Waals surface area contributed by atoms with Gasteiger partial charge in [-0.25, -0.2) is 0 Å². The number of carboxylic acid groups (broad SMARTS) is 1. The molecule has 0 aliphatic rings. The Hall–Kier alpha value is 0.316. The Morgan fingerprint density at radius 3 is 1.81 bits per heavy atom. The normalized spacial score (nSPS) is 11.9. The molecule has 0 saturated heterocycles. The molecule has 0 radical (unpaired) electrons. The Labute approximate surface area is 203 Å². The molecule has 146 valence electrons. The SMILES string of the molecule is CCCCCCCCC=CCCCCCCCC(=O)OC(C)C(=O)[O-].[K+]. The first kappa shape index (κ1) is 28.5. The third-order valence-electron chi connectivity index (χ3n) is 4.28. The maximum atomic E-state index is 11.4. The van der Waals surface area contributed by atoms with Gasteiger partial charge in [0.2, 0.25) is 0 Å². The second-order valence-electron chi connectivity index (χ2n) is 6.79. The minimum atomic E-state index is -1.35. The molecule has 0 saturated carbocycles. The monoisotopic (exact) mass is 392 g/mol. The summed E-state index contributed by atoms with van der Waals surface area (Å²) in [6, 6.07) is 0. The molecule has 0 fully saturated rings. The van der Waals surface area contributed by atoms with Crippen molar-refractivity contribution in [1.29, 1.82) is 0 Å². The van der Waals surface area contributed by atoms with Gasteiger partial charge in [0.15, 0.2) is 0 Å². The molecule has 4 nitrogen and oxygen atoms in total. The van der Waals surface area contributed by atoms with Crippen LogP contribution in [0.15, 0.2) is 12.2 Å². The molecule has 0 spiro atoms. The van der Waals surface area contributed by atoms with Crippen LogP contribution in [-0.2, 0) is 14.3 Å². The fraction of sp³-hybridized carbons (Fsp3) is 0.810. The predicted molar refractivity (Wildman–Crippen MR) is 100 cm³/mol. The largest absolute Gasteiger partial charge is 1.00 e. The van der Waals surface area contributed by atoms with Crippen LogP contribution < -0.4 is 56.5 Å². The van der Waals surface area contributed by atoms with Gasteiger partial charge in [0.25, 0.3) is 0 Å². The van der Waals surface area contributed by atoms with Gasteiger partial charge >= 0.3 is 57.4 Å². The zero-order valence-electron chi connectivity index (χ0n) is 17.3. The van der Waals surface area contributed by atoms with E-state index < -0.39 is 18.0 Å². The van der Waals surface area contributed by atoms with Crippen molar-refractivity contribution in [3.63, 3.8) is 0 Å². The Bertz CT molecular complexity index is 369. The van der Waals surface area contributed by atoms with E-state index >= 15 is 0 Å². The van der Waals surface area contributed by atoms with Crippen LogP contribution in [0.5, 0.6) is 0 Å². The molecule has 0 heterocycles. The molecule has 0 aromatic heterocycles. The van der Waals surface area contributed by atoms with Crippen LogP contribution in [0.1, 0.15) is 104 Å². The Kier molecular flexibility index (Phi) is 23.7. The summed E-state index contributed by atoms with van der Waals surface area (Å²) in [4.78, 5) is 21.8. The van der Waals surface area contributed by atoms with E-state index in [-0.39, 0.29) is 57.8 Å². The predicted octanol–water partition coefficient (Wildman–Crippen LogP) is 1.71. The number of esters is 1. The van der Waals surface area contributed by atoms with Gasteiger partial charge in [0, 0.05) is 6.42 Å². The first-order valence-electron chi connectivity index (χ1n) is 10.1. The first-order chi connectivity index (χ1) is 12.1. The maximum Gasteiger partial charge on any atom is 1.00 e. The van der Waals surface area contributed by atoms with Crippen molar-refractivity contribution in [3.8, 4) is 0 Å². The van der Waals surface area contributed by atoms with Crippen molar-refractivity contribution in [2.75, 3.05) is 0 Å². The molecular formula is C21H37KO4. The van der Waals surface area contributed by atoms with E-state index in [0.717, 1.165) is 25.7 Å². The van der Waals surface area contributed by atoms with Crippen molar-refractivity contribution in [2.45, 2.75) is 110 Å². The number of aliphatic carboxylic acids is 1. The van der Waals surface area contributed by atoms with E-state index in [1.54, 1.807) is 0 Å². The van der Waals surface area contributed by atoms with E-state index in [2.05, 4.69) is 19.1 Å². The molecule has 1 unspecified atom stereocenters. The summed E-state index contributed by atoms with van der Waals surface area (Å²) >= 11 is 0. The van der Waals surface area contributed by atoms with Gasteiger partial charge in [0.05, 0.1) is 5.97 Å². The van der Waals surface area contributed by atoms with E-state index in [1.807, 2.05) is 0 Å². The zero-order valence-corrected chi connectivity index (χ0v) is 20.4. The molecular weight excluding hydrogens is 355 g/mol. The molecule has 0 rings (SSSR count). The standard InChI is InChI=1S/C21H38O4.K/c1-3-4-5-6-7-8-9-10-11-12-13-14-15-16-17-18-20(22)25-19(2)21(23)24;/h10-11,19H,3-9,12-18H2,1-2H3,(H,23,24);/q;+1/p-1. The van der Waals surface area contributed by atoms with Gasteiger partial charge in [-0.1, -0.05) is 70.4 Å². The number of hydrogen-bond acceptors (Lipinski definition) is 4. The van der Waals surface area contributed by atoms with Gasteiger partial charge in [-0.2, -0.15) is 0 Å². The topological polar surface area (TPSA) is 66.4 Å². The maximum absolute atomic E-state index is 11.4. The van der Waals surface area contributed by atoms with Crippen LogP contribution in [0.3, 0.4) is 0 Å². The average Bonchev–Trinajstić information content (AvgIpc) is 2.58. The summed E-state index contributed by atoms with van der Waals surface area (Å²) in [5, 5.41) is 10.5. The van der Waals surface area contributed by atoms with Crippen LogP contribution in [0.25, 0.3) is 0 Å². The quantitative estimate of drug-likeness (QED) is 0.164. The van der Waals surface area contributed by atoms with Crippen molar-refractivity contribution in [2.24, 2.45) is 0 Å². The number of carboxylic acids is 1. The Balaban J connectivity index is 0. The summed E-state index contributed by atoms with van der Waals surface area (Å²) < 4.78 is 4.72. The second-order valence-corrected chi connectivity index (χ2v) is 6.79. The molecule has 0 aliphatic carbocycles. The number of unbranched alkanes of at least 4 members (excludes halogenated alkanes) is 11. The van der Waals surface area contributed by atoms with Gasteiger partial charge in [-0.05, 0) is 39.0 Å². The van der Waals surface area contributed by atoms with Crippen molar-refractivity contribution >= 4 is 11.9 Å². The number of allylic oxidation sites excluding steroid dienone is 2. The first-order valence-corrected chi connectivity index (χ1v) is 10.1.